The fraction of sp³-hybridized carbons (Fsp3) is 0.318. The van der Waals surface area contributed by atoms with E-state index in [2.05, 4.69) is 26.2 Å². The van der Waals surface area contributed by atoms with Crippen LogP contribution in [0.25, 0.3) is 11.4 Å². The first-order valence-electron chi connectivity index (χ1n) is 10.4. The summed E-state index contributed by atoms with van der Waals surface area (Å²) in [5, 5.41) is 18.2. The molecule has 0 bridgehead atoms. The number of nitrogens with one attached hydrogen (secondary N) is 2. The molecule has 1 aliphatic carbocycles. The van der Waals surface area contributed by atoms with E-state index >= 15 is 0 Å². The Bertz CT molecular complexity index is 1140. The number of carbonyl (C=O) groups excluding carboxylic acids is 2. The molecule has 5 rings (SSSR count). The van der Waals surface area contributed by atoms with Crippen molar-refractivity contribution in [2.45, 2.75) is 38.3 Å². The van der Waals surface area contributed by atoms with Crippen molar-refractivity contribution < 1.29 is 9.59 Å². The van der Waals surface area contributed by atoms with E-state index in [1.54, 1.807) is 4.90 Å². The molecule has 1 saturated carbocycles. The van der Waals surface area contributed by atoms with Crippen molar-refractivity contribution in [3.05, 3.63) is 48.5 Å². The molecule has 1 atom stereocenters. The van der Waals surface area contributed by atoms with Crippen LogP contribution in [0.5, 0.6) is 0 Å². The van der Waals surface area contributed by atoms with Crippen molar-refractivity contribution in [1.29, 1.82) is 0 Å². The van der Waals surface area contributed by atoms with Gasteiger partial charge in [-0.15, -0.1) is 5.10 Å². The summed E-state index contributed by atoms with van der Waals surface area (Å²) in [6.07, 6.45) is 2.44. The zero-order valence-corrected chi connectivity index (χ0v) is 17.2. The fourth-order valence-corrected chi connectivity index (χ4v) is 3.95. The third kappa shape index (κ3) is 3.86. The van der Waals surface area contributed by atoms with E-state index in [4.69, 9.17) is 0 Å². The van der Waals surface area contributed by atoms with Gasteiger partial charge < -0.3 is 15.5 Å². The normalized spacial score (nSPS) is 18.2. The molecule has 158 valence electrons. The quantitative estimate of drug-likeness (QED) is 0.661. The Balaban J connectivity index is 1.34. The van der Waals surface area contributed by atoms with Crippen molar-refractivity contribution in [3.63, 3.8) is 0 Å². The van der Waals surface area contributed by atoms with Gasteiger partial charge >= 0.3 is 0 Å². The maximum Gasteiger partial charge on any atom is 0.246 e. The molecule has 31 heavy (non-hydrogen) atoms. The van der Waals surface area contributed by atoms with Crippen molar-refractivity contribution in [2.75, 3.05) is 22.1 Å². The number of para-hydroxylation sites is 2. The van der Waals surface area contributed by atoms with Crippen molar-refractivity contribution in [2.24, 2.45) is 0 Å². The number of aromatic nitrogens is 4. The summed E-state index contributed by atoms with van der Waals surface area (Å²) in [5.74, 6) is 0.533. The van der Waals surface area contributed by atoms with Gasteiger partial charge in [-0.25, -0.2) is 4.68 Å². The molecule has 0 unspecified atom stereocenters. The lowest BCUT2D eigenvalue weighted by Crippen LogP contribution is -2.42. The second-order valence-corrected chi connectivity index (χ2v) is 7.99. The van der Waals surface area contributed by atoms with Crippen LogP contribution in [0.2, 0.25) is 0 Å². The number of fused-ring (bicyclic) bond motifs is 1. The van der Waals surface area contributed by atoms with Gasteiger partial charge in [0.2, 0.25) is 11.8 Å². The van der Waals surface area contributed by atoms with Crippen molar-refractivity contribution >= 4 is 28.9 Å². The highest BCUT2D eigenvalue weighted by atomic mass is 16.2. The van der Waals surface area contributed by atoms with Gasteiger partial charge in [-0.1, -0.05) is 24.3 Å². The minimum atomic E-state index is -0.243. The molecule has 3 aromatic rings. The molecule has 2 heterocycles. The number of benzene rings is 2. The van der Waals surface area contributed by atoms with Gasteiger partial charge in [0.15, 0.2) is 5.82 Å². The number of nitrogens with zero attached hydrogens (tertiary/aromatic N) is 5. The first-order valence-corrected chi connectivity index (χ1v) is 10.4. The number of rotatable bonds is 5. The minimum absolute atomic E-state index is 0.0932. The van der Waals surface area contributed by atoms with Gasteiger partial charge in [0.05, 0.1) is 24.0 Å². The fourth-order valence-electron chi connectivity index (χ4n) is 3.95. The van der Waals surface area contributed by atoms with Crippen LogP contribution in [-0.4, -0.2) is 44.6 Å². The Morgan fingerprint density at radius 2 is 2.03 bits per heavy atom. The number of hydrogen-bond donors (Lipinski definition) is 2. The summed E-state index contributed by atoms with van der Waals surface area (Å²) in [6, 6.07) is 15.2. The van der Waals surface area contributed by atoms with E-state index in [1.807, 2.05) is 60.1 Å². The molecule has 0 radical (unpaired) electrons. The summed E-state index contributed by atoms with van der Waals surface area (Å²) in [7, 11) is 0. The van der Waals surface area contributed by atoms with Gasteiger partial charge in [-0.3, -0.25) is 9.59 Å². The van der Waals surface area contributed by atoms with Gasteiger partial charge in [0.25, 0.3) is 0 Å². The largest absolute Gasteiger partial charge is 0.376 e. The lowest BCUT2D eigenvalue weighted by atomic mass is 10.1. The molecule has 2 N–H and O–H groups in total. The zero-order chi connectivity index (χ0) is 21.4. The van der Waals surface area contributed by atoms with E-state index in [-0.39, 0.29) is 30.8 Å². The van der Waals surface area contributed by atoms with E-state index in [1.165, 1.54) is 0 Å². The number of hydrogen-bond acceptors (Lipinski definition) is 6. The maximum absolute atomic E-state index is 13.2. The highest BCUT2D eigenvalue weighted by molar-refractivity contribution is 6.05. The SMILES string of the molecule is C[C@@H]1CC(=O)Nc2ccccc2N1C(=O)CNc1cccc(-c2nnnn2C2CC2)c1. The summed E-state index contributed by atoms with van der Waals surface area (Å²) < 4.78 is 1.87. The van der Waals surface area contributed by atoms with Crippen LogP contribution in [-0.2, 0) is 9.59 Å². The van der Waals surface area contributed by atoms with Gasteiger partial charge in [0, 0.05) is 23.7 Å². The lowest BCUT2D eigenvalue weighted by Gasteiger charge is -2.28. The van der Waals surface area contributed by atoms with Crippen LogP contribution in [0.1, 0.15) is 32.2 Å². The van der Waals surface area contributed by atoms with Crippen LogP contribution in [0, 0.1) is 0 Å². The number of carbonyl (C=O) groups is 2. The van der Waals surface area contributed by atoms with E-state index in [9.17, 15) is 9.59 Å². The van der Waals surface area contributed by atoms with Gasteiger partial charge in [0.1, 0.15) is 0 Å². The van der Waals surface area contributed by atoms with Crippen LogP contribution in [0.15, 0.2) is 48.5 Å². The van der Waals surface area contributed by atoms with Crippen molar-refractivity contribution in [1.82, 2.24) is 20.2 Å². The second-order valence-electron chi connectivity index (χ2n) is 7.99. The summed E-state index contributed by atoms with van der Waals surface area (Å²) in [5.41, 5.74) is 3.07. The Hall–Kier alpha value is -3.75. The smallest absolute Gasteiger partial charge is 0.246 e. The molecule has 9 heteroatoms. The number of tetrazole rings is 1. The summed E-state index contributed by atoms with van der Waals surface area (Å²) in [4.78, 5) is 27.0. The first-order chi connectivity index (χ1) is 15.1. The molecule has 1 fully saturated rings. The standard InChI is InChI=1S/C22H23N7O2/c1-14-11-20(30)24-18-7-2-3-8-19(18)28(14)21(31)13-23-16-6-4-5-15(12-16)22-25-26-27-29(22)17-9-10-17/h2-8,12,14,17,23H,9-11,13H2,1H3,(H,24,30)/t14-/m1/s1. The van der Waals surface area contributed by atoms with Crippen LogP contribution in [0.4, 0.5) is 17.1 Å². The maximum atomic E-state index is 13.2. The molecular formula is C22H23N7O2. The molecule has 0 saturated heterocycles. The van der Waals surface area contributed by atoms with Crippen LogP contribution in [0.3, 0.4) is 0 Å². The topological polar surface area (TPSA) is 105 Å². The van der Waals surface area contributed by atoms with Gasteiger partial charge in [-0.05, 0) is 54.5 Å². The zero-order valence-electron chi connectivity index (χ0n) is 17.2. The monoisotopic (exact) mass is 417 g/mol. The summed E-state index contributed by atoms with van der Waals surface area (Å²) in [6.45, 7) is 1.99. The average Bonchev–Trinajstić information content (AvgIpc) is 3.51. The Kier molecular flexibility index (Phi) is 4.85. The molecule has 2 amide bonds. The van der Waals surface area contributed by atoms with Gasteiger partial charge in [-0.2, -0.15) is 0 Å². The lowest BCUT2D eigenvalue weighted by molar-refractivity contribution is -0.118. The van der Waals surface area contributed by atoms with E-state index in [0.29, 0.717) is 17.4 Å². The third-order valence-electron chi connectivity index (χ3n) is 5.58. The average molecular weight is 417 g/mol. The number of amides is 2. The Morgan fingerprint density at radius 1 is 1.19 bits per heavy atom. The van der Waals surface area contributed by atoms with E-state index < -0.39 is 0 Å². The molecule has 1 aromatic heterocycles. The predicted octanol–water partition coefficient (Wildman–Crippen LogP) is 2.85. The predicted molar refractivity (Wildman–Crippen MR) is 117 cm³/mol. The highest BCUT2D eigenvalue weighted by Gasteiger charge is 2.30. The molecular weight excluding hydrogens is 394 g/mol. The third-order valence-corrected chi connectivity index (χ3v) is 5.58. The Morgan fingerprint density at radius 3 is 2.87 bits per heavy atom. The highest BCUT2D eigenvalue weighted by Crippen LogP contribution is 2.37. The number of anilines is 3. The Labute approximate surface area is 179 Å². The van der Waals surface area contributed by atoms with Crippen LogP contribution >= 0.6 is 0 Å². The summed E-state index contributed by atoms with van der Waals surface area (Å²) >= 11 is 0. The van der Waals surface area contributed by atoms with Crippen molar-refractivity contribution in [3.8, 4) is 11.4 Å². The second kappa shape index (κ2) is 7.82. The van der Waals surface area contributed by atoms with Crippen LogP contribution < -0.4 is 15.5 Å². The minimum Gasteiger partial charge on any atom is -0.376 e. The molecule has 0 spiro atoms. The van der Waals surface area contributed by atoms with E-state index in [0.717, 1.165) is 29.9 Å². The molecule has 2 aliphatic rings. The molecule has 1 aliphatic heterocycles. The molecule has 9 nitrogen and oxygen atoms in total. The molecule has 2 aromatic carbocycles. The first kappa shape index (κ1) is 19.2.